The number of carbonyl (C=O) groups excluding carboxylic acids is 2. The van der Waals surface area contributed by atoms with Crippen molar-refractivity contribution in [3.05, 3.63) is 41.9 Å². The van der Waals surface area contributed by atoms with Crippen LogP contribution in [-0.2, 0) is 9.53 Å². The average Bonchev–Trinajstić information content (AvgIpc) is 3.72. The van der Waals surface area contributed by atoms with Gasteiger partial charge in [-0.3, -0.25) is 14.3 Å². The van der Waals surface area contributed by atoms with Crippen molar-refractivity contribution in [1.29, 1.82) is 5.26 Å². The van der Waals surface area contributed by atoms with Crippen molar-refractivity contribution in [1.82, 2.24) is 20.0 Å². The molecule has 1 unspecified atom stereocenters. The SMILES string of the molecule is COc1c(Nc2cc(NC(=O)C3CC3)nnc2C(N)=O)cccc1-c1cn(C2CCCC[C@@H]2OC)nc1C#N. The number of aromatic nitrogens is 4. The third kappa shape index (κ3) is 5.39. The summed E-state index contributed by atoms with van der Waals surface area (Å²) >= 11 is 0. The second-order valence-corrected chi connectivity index (χ2v) is 9.74. The molecule has 0 bridgehead atoms. The quantitative estimate of drug-likeness (QED) is 0.374. The van der Waals surface area contributed by atoms with Crippen LogP contribution in [0.1, 0.15) is 60.7 Å². The smallest absolute Gasteiger partial charge is 0.271 e. The molecule has 4 N–H and O–H groups in total. The lowest BCUT2D eigenvalue weighted by molar-refractivity contribution is -0.117. The monoisotopic (exact) mass is 530 g/mol. The first kappa shape index (κ1) is 26.1. The molecule has 39 heavy (non-hydrogen) atoms. The Morgan fingerprint density at radius 2 is 1.90 bits per heavy atom. The van der Waals surface area contributed by atoms with E-state index in [1.54, 1.807) is 19.2 Å². The Kier molecular flexibility index (Phi) is 7.42. The first-order valence-corrected chi connectivity index (χ1v) is 12.9. The first-order valence-electron chi connectivity index (χ1n) is 12.9. The molecule has 2 aliphatic carbocycles. The van der Waals surface area contributed by atoms with Gasteiger partial charge in [0.2, 0.25) is 5.91 Å². The number of para-hydroxylation sites is 1. The van der Waals surface area contributed by atoms with E-state index in [-0.39, 0.29) is 46.9 Å². The van der Waals surface area contributed by atoms with Crippen LogP contribution in [0.4, 0.5) is 17.2 Å². The number of hydrogen-bond acceptors (Lipinski definition) is 9. The fourth-order valence-corrected chi connectivity index (χ4v) is 5.01. The van der Waals surface area contributed by atoms with Crippen molar-refractivity contribution < 1.29 is 19.1 Å². The van der Waals surface area contributed by atoms with Gasteiger partial charge in [-0.1, -0.05) is 25.0 Å². The molecule has 0 spiro atoms. The van der Waals surface area contributed by atoms with Gasteiger partial charge < -0.3 is 25.8 Å². The van der Waals surface area contributed by atoms with Crippen molar-refractivity contribution in [3.8, 4) is 22.9 Å². The molecule has 2 amide bonds. The first-order chi connectivity index (χ1) is 18.9. The Hall–Kier alpha value is -4.50. The number of primary amides is 1. The molecule has 2 heterocycles. The van der Waals surface area contributed by atoms with E-state index in [1.807, 2.05) is 16.9 Å². The summed E-state index contributed by atoms with van der Waals surface area (Å²) in [5, 5.41) is 28.2. The number of amides is 2. The summed E-state index contributed by atoms with van der Waals surface area (Å²) < 4.78 is 13.3. The number of methoxy groups -OCH3 is 2. The molecule has 0 aliphatic heterocycles. The Morgan fingerprint density at radius 1 is 1.10 bits per heavy atom. The summed E-state index contributed by atoms with van der Waals surface area (Å²) in [6.07, 6.45) is 7.56. The minimum atomic E-state index is -0.784. The van der Waals surface area contributed by atoms with Gasteiger partial charge in [-0.25, -0.2) is 0 Å². The zero-order valence-corrected chi connectivity index (χ0v) is 21.8. The van der Waals surface area contributed by atoms with Crippen LogP contribution in [0.25, 0.3) is 11.1 Å². The normalized spacial score (nSPS) is 18.7. The second-order valence-electron chi connectivity index (χ2n) is 9.74. The van der Waals surface area contributed by atoms with Gasteiger partial charge >= 0.3 is 0 Å². The molecule has 12 heteroatoms. The molecule has 0 radical (unpaired) electrons. The third-order valence-corrected chi connectivity index (χ3v) is 7.15. The molecular weight excluding hydrogens is 500 g/mol. The lowest BCUT2D eigenvalue weighted by Crippen LogP contribution is -2.29. The summed E-state index contributed by atoms with van der Waals surface area (Å²) in [6, 6.07) is 9.13. The highest BCUT2D eigenvalue weighted by molar-refractivity contribution is 5.99. The Balaban J connectivity index is 1.51. The lowest BCUT2D eigenvalue weighted by Gasteiger charge is -2.30. The van der Waals surface area contributed by atoms with E-state index in [1.165, 1.54) is 13.2 Å². The molecule has 1 aromatic carbocycles. The number of rotatable bonds is 9. The van der Waals surface area contributed by atoms with Crippen LogP contribution >= 0.6 is 0 Å². The lowest BCUT2D eigenvalue weighted by atomic mass is 9.92. The minimum Gasteiger partial charge on any atom is -0.494 e. The number of nitrogens with one attached hydrogen (secondary N) is 2. The van der Waals surface area contributed by atoms with E-state index >= 15 is 0 Å². The maximum atomic E-state index is 12.2. The van der Waals surface area contributed by atoms with Crippen LogP contribution in [0.3, 0.4) is 0 Å². The zero-order valence-electron chi connectivity index (χ0n) is 21.8. The van der Waals surface area contributed by atoms with Gasteiger partial charge in [-0.05, 0) is 31.7 Å². The van der Waals surface area contributed by atoms with Crippen LogP contribution in [0, 0.1) is 17.2 Å². The Morgan fingerprint density at radius 3 is 2.59 bits per heavy atom. The molecule has 2 fully saturated rings. The summed E-state index contributed by atoms with van der Waals surface area (Å²) in [5.41, 5.74) is 7.71. The van der Waals surface area contributed by atoms with Crippen molar-refractivity contribution in [3.63, 3.8) is 0 Å². The van der Waals surface area contributed by atoms with Crippen LogP contribution in [0.2, 0.25) is 0 Å². The Bertz CT molecular complexity index is 1440. The molecule has 2 aromatic heterocycles. The maximum Gasteiger partial charge on any atom is 0.271 e. The minimum absolute atomic E-state index is 0.0222. The molecule has 2 atom stereocenters. The predicted octanol–water partition coefficient (Wildman–Crippen LogP) is 3.54. The number of hydrogen-bond donors (Lipinski definition) is 3. The number of anilines is 3. The third-order valence-electron chi connectivity index (χ3n) is 7.15. The highest BCUT2D eigenvalue weighted by Gasteiger charge is 2.31. The van der Waals surface area contributed by atoms with Gasteiger partial charge in [0.15, 0.2) is 17.2 Å². The number of nitrogens with two attached hydrogens (primary N) is 1. The van der Waals surface area contributed by atoms with Gasteiger partial charge in [-0.2, -0.15) is 10.4 Å². The molecule has 2 saturated carbocycles. The van der Waals surface area contributed by atoms with E-state index < -0.39 is 5.91 Å². The molecule has 12 nitrogen and oxygen atoms in total. The second kappa shape index (κ2) is 11.1. The van der Waals surface area contributed by atoms with Gasteiger partial charge in [0.25, 0.3) is 5.91 Å². The van der Waals surface area contributed by atoms with Crippen LogP contribution < -0.4 is 21.1 Å². The highest BCUT2D eigenvalue weighted by atomic mass is 16.5. The number of ether oxygens (including phenoxy) is 2. The van der Waals surface area contributed by atoms with Crippen molar-refractivity contribution in [2.24, 2.45) is 11.7 Å². The van der Waals surface area contributed by atoms with Crippen LogP contribution in [-0.4, -0.2) is 52.1 Å². The van der Waals surface area contributed by atoms with E-state index in [2.05, 4.69) is 32.0 Å². The Labute approximate surface area is 225 Å². The largest absolute Gasteiger partial charge is 0.494 e. The van der Waals surface area contributed by atoms with Crippen molar-refractivity contribution >= 4 is 29.0 Å². The van der Waals surface area contributed by atoms with E-state index in [4.69, 9.17) is 15.2 Å². The van der Waals surface area contributed by atoms with Crippen LogP contribution in [0.5, 0.6) is 5.75 Å². The molecule has 3 aromatic rings. The predicted molar refractivity (Wildman–Crippen MR) is 142 cm³/mol. The number of carbonyl (C=O) groups is 2. The molecule has 202 valence electrons. The number of nitrogens with zero attached hydrogens (tertiary/aromatic N) is 5. The van der Waals surface area contributed by atoms with Crippen molar-refractivity contribution in [2.45, 2.75) is 50.7 Å². The fourth-order valence-electron chi connectivity index (χ4n) is 5.01. The van der Waals surface area contributed by atoms with Crippen molar-refractivity contribution in [2.75, 3.05) is 24.9 Å². The van der Waals surface area contributed by atoms with Gasteiger partial charge in [0.1, 0.15) is 11.8 Å². The molecule has 5 rings (SSSR count). The highest BCUT2D eigenvalue weighted by Crippen LogP contribution is 2.41. The van der Waals surface area contributed by atoms with E-state index in [9.17, 15) is 14.9 Å². The van der Waals surface area contributed by atoms with E-state index in [0.717, 1.165) is 38.5 Å². The van der Waals surface area contributed by atoms with Gasteiger partial charge in [0.05, 0.1) is 30.6 Å². The molecule has 0 saturated heterocycles. The number of nitriles is 1. The van der Waals surface area contributed by atoms with E-state index in [0.29, 0.717) is 22.6 Å². The summed E-state index contributed by atoms with van der Waals surface area (Å²) in [7, 11) is 3.22. The summed E-state index contributed by atoms with van der Waals surface area (Å²) in [5.74, 6) is -0.331. The summed E-state index contributed by atoms with van der Waals surface area (Å²) in [6.45, 7) is 0. The summed E-state index contributed by atoms with van der Waals surface area (Å²) in [4.78, 5) is 24.3. The standard InChI is InChI=1S/C27H30N8O4/c1-38-22-9-4-3-8-21(22)35-14-17(20(13-28)34-35)16-6-5-7-18(25(16)39-2)30-19-12-23(31-27(37)15-10-11-15)32-33-24(19)26(29)36/h5-7,12,14-15,21-22H,3-4,8-11H2,1-2H3,(H2,29,36)(H2,30,31,32,37)/t21?,22-/m0/s1. The fraction of sp³-hybridized carbons (Fsp3) is 0.407. The van der Waals surface area contributed by atoms with Gasteiger partial charge in [0, 0.05) is 36.4 Å². The average molecular weight is 531 g/mol. The van der Waals surface area contributed by atoms with Crippen LogP contribution in [0.15, 0.2) is 30.5 Å². The number of benzene rings is 1. The maximum absolute atomic E-state index is 12.2. The topological polar surface area (TPSA) is 170 Å². The van der Waals surface area contributed by atoms with Gasteiger partial charge in [-0.15, -0.1) is 10.2 Å². The molecular formula is C27H30N8O4. The zero-order chi connectivity index (χ0) is 27.5. The molecule has 2 aliphatic rings.